The highest BCUT2D eigenvalue weighted by molar-refractivity contribution is 5.88. The molecule has 0 radical (unpaired) electrons. The second-order valence-corrected chi connectivity index (χ2v) is 6.23. The Bertz CT molecular complexity index is 870. The van der Waals surface area contributed by atoms with E-state index in [1.807, 2.05) is 19.3 Å². The van der Waals surface area contributed by atoms with E-state index in [1.54, 1.807) is 12.4 Å². The number of fused-ring (bicyclic) bond motifs is 1. The molecular formula is C18H21N7. The van der Waals surface area contributed by atoms with Gasteiger partial charge in [0.1, 0.15) is 11.3 Å². The largest absolute Gasteiger partial charge is 0.371 e. The number of aromatic nitrogens is 4. The van der Waals surface area contributed by atoms with Crippen molar-refractivity contribution in [2.75, 3.05) is 50.5 Å². The van der Waals surface area contributed by atoms with Crippen LogP contribution in [-0.2, 0) is 0 Å². The fourth-order valence-corrected chi connectivity index (χ4v) is 3.05. The zero-order valence-electron chi connectivity index (χ0n) is 14.5. The highest BCUT2D eigenvalue weighted by atomic mass is 15.3. The molecule has 1 N–H and O–H groups in total. The first-order valence-electron chi connectivity index (χ1n) is 8.44. The Morgan fingerprint density at radius 2 is 1.80 bits per heavy atom. The standard InChI is InChI=1S/C18H21N7/c1-19-18-17-15(20-5-6-21-17)11-14(23-18)13-3-4-16(22-12-13)25-9-7-24(2)8-10-25/h3-6,11-12H,7-10H2,1-2H3,(H,19,23). The van der Waals surface area contributed by atoms with Crippen LogP contribution in [0.1, 0.15) is 0 Å². The first-order chi connectivity index (χ1) is 12.2. The average Bonchev–Trinajstić information content (AvgIpc) is 2.68. The van der Waals surface area contributed by atoms with Crippen LogP contribution in [0.5, 0.6) is 0 Å². The van der Waals surface area contributed by atoms with Gasteiger partial charge in [-0.15, -0.1) is 0 Å². The van der Waals surface area contributed by atoms with Crippen LogP contribution in [0.3, 0.4) is 0 Å². The Balaban J connectivity index is 1.65. The van der Waals surface area contributed by atoms with Gasteiger partial charge in [-0.05, 0) is 25.2 Å². The van der Waals surface area contributed by atoms with Crippen LogP contribution in [0.2, 0.25) is 0 Å². The number of nitrogens with one attached hydrogen (secondary N) is 1. The van der Waals surface area contributed by atoms with Gasteiger partial charge >= 0.3 is 0 Å². The summed E-state index contributed by atoms with van der Waals surface area (Å²) in [4.78, 5) is 22.7. The Labute approximate surface area is 146 Å². The molecule has 0 saturated carbocycles. The van der Waals surface area contributed by atoms with Crippen molar-refractivity contribution in [2.24, 2.45) is 0 Å². The Hall–Kier alpha value is -2.80. The minimum atomic E-state index is 0.726. The molecule has 1 aliphatic rings. The van der Waals surface area contributed by atoms with Crippen molar-refractivity contribution >= 4 is 22.7 Å². The summed E-state index contributed by atoms with van der Waals surface area (Å²) in [5, 5.41) is 3.10. The molecule has 7 nitrogen and oxygen atoms in total. The summed E-state index contributed by atoms with van der Waals surface area (Å²) in [5.74, 6) is 1.75. The lowest BCUT2D eigenvalue weighted by molar-refractivity contribution is 0.312. The molecule has 0 atom stereocenters. The molecule has 1 fully saturated rings. The Morgan fingerprint density at radius 1 is 1.00 bits per heavy atom. The van der Waals surface area contributed by atoms with Crippen molar-refractivity contribution in [3.8, 4) is 11.3 Å². The number of nitrogens with zero attached hydrogens (tertiary/aromatic N) is 6. The number of hydrogen-bond acceptors (Lipinski definition) is 7. The van der Waals surface area contributed by atoms with Crippen LogP contribution in [0.25, 0.3) is 22.3 Å². The predicted molar refractivity (Wildman–Crippen MR) is 99.8 cm³/mol. The van der Waals surface area contributed by atoms with Crippen LogP contribution in [0.4, 0.5) is 11.6 Å². The molecule has 3 aromatic heterocycles. The van der Waals surface area contributed by atoms with E-state index >= 15 is 0 Å². The number of likely N-dealkylation sites (N-methyl/N-ethyl adjacent to an activating group) is 1. The maximum absolute atomic E-state index is 4.67. The molecule has 128 valence electrons. The van der Waals surface area contributed by atoms with Crippen molar-refractivity contribution < 1.29 is 0 Å². The van der Waals surface area contributed by atoms with Gasteiger partial charge in [0, 0.05) is 57.4 Å². The molecule has 0 amide bonds. The molecule has 1 aliphatic heterocycles. The van der Waals surface area contributed by atoms with Gasteiger partial charge in [0.2, 0.25) is 0 Å². The van der Waals surface area contributed by atoms with Crippen LogP contribution in [-0.4, -0.2) is 65.1 Å². The van der Waals surface area contributed by atoms with E-state index in [2.05, 4.69) is 54.2 Å². The minimum Gasteiger partial charge on any atom is -0.371 e. The summed E-state index contributed by atoms with van der Waals surface area (Å²) in [5.41, 5.74) is 3.41. The van der Waals surface area contributed by atoms with Gasteiger partial charge < -0.3 is 15.1 Å². The summed E-state index contributed by atoms with van der Waals surface area (Å²) in [6.07, 6.45) is 5.26. The zero-order valence-corrected chi connectivity index (χ0v) is 14.5. The van der Waals surface area contributed by atoms with Gasteiger partial charge in [0.15, 0.2) is 5.82 Å². The molecule has 4 heterocycles. The molecule has 0 bridgehead atoms. The smallest absolute Gasteiger partial charge is 0.154 e. The normalized spacial score (nSPS) is 15.5. The number of rotatable bonds is 3. The van der Waals surface area contributed by atoms with Crippen LogP contribution >= 0.6 is 0 Å². The molecule has 1 saturated heterocycles. The van der Waals surface area contributed by atoms with Crippen LogP contribution in [0, 0.1) is 0 Å². The lowest BCUT2D eigenvalue weighted by Crippen LogP contribution is -2.44. The number of anilines is 2. The minimum absolute atomic E-state index is 0.726. The SMILES string of the molecule is CNc1nc(-c2ccc(N3CCN(C)CC3)nc2)cc2nccnc12. The molecule has 7 heteroatoms. The van der Waals surface area contributed by atoms with Crippen LogP contribution in [0.15, 0.2) is 36.8 Å². The maximum atomic E-state index is 4.67. The fourth-order valence-electron chi connectivity index (χ4n) is 3.05. The van der Waals surface area contributed by atoms with Gasteiger partial charge in [-0.1, -0.05) is 0 Å². The lowest BCUT2D eigenvalue weighted by atomic mass is 10.1. The summed E-state index contributed by atoms with van der Waals surface area (Å²) in [6, 6.07) is 6.10. The van der Waals surface area contributed by atoms with Crippen molar-refractivity contribution in [2.45, 2.75) is 0 Å². The predicted octanol–water partition coefficient (Wildman–Crippen LogP) is 1.88. The maximum Gasteiger partial charge on any atom is 0.154 e. The van der Waals surface area contributed by atoms with E-state index in [-0.39, 0.29) is 0 Å². The molecule has 25 heavy (non-hydrogen) atoms. The third kappa shape index (κ3) is 3.10. The Morgan fingerprint density at radius 3 is 2.52 bits per heavy atom. The second-order valence-electron chi connectivity index (χ2n) is 6.23. The summed E-state index contributed by atoms with van der Waals surface area (Å²) in [6.45, 7) is 4.16. The molecule has 0 unspecified atom stereocenters. The summed E-state index contributed by atoms with van der Waals surface area (Å²) in [7, 11) is 4.00. The first kappa shape index (κ1) is 15.7. The monoisotopic (exact) mass is 335 g/mol. The number of piperazine rings is 1. The van der Waals surface area contributed by atoms with Crippen LogP contribution < -0.4 is 10.2 Å². The van der Waals surface area contributed by atoms with Crippen molar-refractivity contribution in [1.29, 1.82) is 0 Å². The van der Waals surface area contributed by atoms with Gasteiger partial charge in [0.05, 0.1) is 11.2 Å². The van der Waals surface area contributed by atoms with E-state index in [9.17, 15) is 0 Å². The lowest BCUT2D eigenvalue weighted by Gasteiger charge is -2.33. The Kier molecular flexibility index (Phi) is 4.15. The topological polar surface area (TPSA) is 70.1 Å². The summed E-state index contributed by atoms with van der Waals surface area (Å²) < 4.78 is 0. The third-order valence-electron chi connectivity index (χ3n) is 4.56. The average molecular weight is 335 g/mol. The molecule has 0 aliphatic carbocycles. The van der Waals surface area contributed by atoms with Gasteiger partial charge in [-0.25, -0.2) is 15.0 Å². The van der Waals surface area contributed by atoms with E-state index in [0.717, 1.165) is 60.1 Å². The van der Waals surface area contributed by atoms with Gasteiger partial charge in [-0.3, -0.25) is 4.98 Å². The van der Waals surface area contributed by atoms with Crippen molar-refractivity contribution in [3.63, 3.8) is 0 Å². The molecule has 0 spiro atoms. The molecule has 4 rings (SSSR count). The quantitative estimate of drug-likeness (QED) is 0.783. The summed E-state index contributed by atoms with van der Waals surface area (Å²) >= 11 is 0. The van der Waals surface area contributed by atoms with E-state index in [4.69, 9.17) is 0 Å². The highest BCUT2D eigenvalue weighted by Gasteiger charge is 2.15. The number of pyridine rings is 2. The zero-order chi connectivity index (χ0) is 17.2. The third-order valence-corrected chi connectivity index (χ3v) is 4.56. The van der Waals surface area contributed by atoms with Gasteiger partial charge in [0.25, 0.3) is 0 Å². The second kappa shape index (κ2) is 6.60. The molecular weight excluding hydrogens is 314 g/mol. The van der Waals surface area contributed by atoms with E-state index in [1.165, 1.54) is 0 Å². The first-order valence-corrected chi connectivity index (χ1v) is 8.44. The fraction of sp³-hybridized carbons (Fsp3) is 0.333. The van der Waals surface area contributed by atoms with Crippen molar-refractivity contribution in [1.82, 2.24) is 24.8 Å². The van der Waals surface area contributed by atoms with E-state index < -0.39 is 0 Å². The van der Waals surface area contributed by atoms with Gasteiger partial charge in [-0.2, -0.15) is 0 Å². The van der Waals surface area contributed by atoms with E-state index in [0.29, 0.717) is 0 Å². The number of hydrogen-bond donors (Lipinski definition) is 1. The highest BCUT2D eigenvalue weighted by Crippen LogP contribution is 2.25. The molecule has 0 aromatic carbocycles. The molecule has 3 aromatic rings. The van der Waals surface area contributed by atoms with Crippen molar-refractivity contribution in [3.05, 3.63) is 36.8 Å².